The minimum Gasteiger partial charge on any atom is -0.398 e. The number of aromatic nitrogens is 1. The van der Waals surface area contributed by atoms with Crippen molar-refractivity contribution in [2.45, 2.75) is 44.9 Å². The van der Waals surface area contributed by atoms with Crippen LogP contribution >= 0.6 is 0 Å². The van der Waals surface area contributed by atoms with Crippen molar-refractivity contribution < 1.29 is 9.63 Å². The number of carbonyl (C=O) groups excluding carboxylic acids is 1. The number of hydrogen-bond acceptors (Lipinski definition) is 4. The van der Waals surface area contributed by atoms with E-state index in [2.05, 4.69) is 10.5 Å². The number of nitrogens with one attached hydrogen (secondary N) is 1. The number of anilines is 1. The van der Waals surface area contributed by atoms with Crippen LogP contribution in [0.25, 0.3) is 0 Å². The second kappa shape index (κ2) is 9.34. The highest BCUT2D eigenvalue weighted by molar-refractivity contribution is 5.96. The van der Waals surface area contributed by atoms with Gasteiger partial charge in [-0.25, -0.2) is 5.48 Å². The fraction of sp³-hybridized carbons (Fsp3) is 0.429. The molecule has 0 aliphatic heterocycles. The van der Waals surface area contributed by atoms with Crippen LogP contribution in [0.2, 0.25) is 0 Å². The zero-order chi connectivity index (χ0) is 18.2. The molecule has 0 spiro atoms. The van der Waals surface area contributed by atoms with Gasteiger partial charge in [0.2, 0.25) is 0 Å². The number of rotatable bonds is 8. The van der Waals surface area contributed by atoms with Crippen LogP contribution in [-0.4, -0.2) is 17.5 Å². The number of nitrogen functional groups attached to an aromatic ring is 1. The molecule has 1 aliphatic rings. The van der Waals surface area contributed by atoms with Crippen molar-refractivity contribution in [3.05, 3.63) is 59.4 Å². The molecule has 1 aliphatic carbocycles. The Morgan fingerprint density at radius 1 is 1.19 bits per heavy atom. The number of hydroxylamine groups is 1. The maximum absolute atomic E-state index is 12.5. The van der Waals surface area contributed by atoms with Gasteiger partial charge in [-0.1, -0.05) is 31.7 Å². The molecule has 1 heterocycles. The van der Waals surface area contributed by atoms with Gasteiger partial charge in [0.15, 0.2) is 0 Å². The first-order chi connectivity index (χ1) is 12.7. The standard InChI is InChI=1S/C21H27N3O2/c22-20-9-3-8-18(19(20)15-17-10-12-23-13-11-17)21(25)24-26-14-4-7-16-5-1-2-6-16/h3,8-13,16H,1-2,4-7,14-15,22H2,(H,24,25). The molecule has 0 radical (unpaired) electrons. The first-order valence-electron chi connectivity index (χ1n) is 9.42. The lowest BCUT2D eigenvalue weighted by atomic mass is 9.98. The van der Waals surface area contributed by atoms with E-state index < -0.39 is 0 Å². The third-order valence-electron chi connectivity index (χ3n) is 5.09. The van der Waals surface area contributed by atoms with Gasteiger partial charge in [0.1, 0.15) is 0 Å². The highest BCUT2D eigenvalue weighted by atomic mass is 16.6. The van der Waals surface area contributed by atoms with Gasteiger partial charge in [-0.15, -0.1) is 0 Å². The van der Waals surface area contributed by atoms with E-state index >= 15 is 0 Å². The summed E-state index contributed by atoms with van der Waals surface area (Å²) in [5.41, 5.74) is 11.7. The third kappa shape index (κ3) is 5.05. The van der Waals surface area contributed by atoms with Crippen LogP contribution in [-0.2, 0) is 11.3 Å². The second-order valence-electron chi connectivity index (χ2n) is 6.98. The average molecular weight is 353 g/mol. The molecule has 26 heavy (non-hydrogen) atoms. The molecule has 5 nitrogen and oxygen atoms in total. The number of amides is 1. The normalized spacial score (nSPS) is 14.5. The molecular weight excluding hydrogens is 326 g/mol. The van der Waals surface area contributed by atoms with E-state index in [1.807, 2.05) is 18.2 Å². The van der Waals surface area contributed by atoms with Crippen molar-refractivity contribution in [1.29, 1.82) is 0 Å². The van der Waals surface area contributed by atoms with Crippen LogP contribution in [0, 0.1) is 5.92 Å². The lowest BCUT2D eigenvalue weighted by Gasteiger charge is -2.13. The summed E-state index contributed by atoms with van der Waals surface area (Å²) in [6.07, 6.45) is 11.6. The summed E-state index contributed by atoms with van der Waals surface area (Å²) in [5.74, 6) is 0.595. The molecule has 1 fully saturated rings. The lowest BCUT2D eigenvalue weighted by Crippen LogP contribution is -2.26. The smallest absolute Gasteiger partial charge is 0.275 e. The number of benzene rings is 1. The molecular formula is C21H27N3O2. The Hall–Kier alpha value is -2.40. The second-order valence-corrected chi connectivity index (χ2v) is 6.98. The SMILES string of the molecule is Nc1cccc(C(=O)NOCCCC2CCCC2)c1Cc1ccncc1. The van der Waals surface area contributed by atoms with E-state index in [9.17, 15) is 4.79 Å². The van der Waals surface area contributed by atoms with Crippen LogP contribution in [0.3, 0.4) is 0 Å². The zero-order valence-corrected chi connectivity index (χ0v) is 15.1. The fourth-order valence-electron chi connectivity index (χ4n) is 3.63. The van der Waals surface area contributed by atoms with E-state index in [1.165, 1.54) is 32.1 Å². The number of hydrogen-bond donors (Lipinski definition) is 2. The van der Waals surface area contributed by atoms with Crippen molar-refractivity contribution in [3.8, 4) is 0 Å². The highest BCUT2D eigenvalue weighted by Gasteiger charge is 2.16. The lowest BCUT2D eigenvalue weighted by molar-refractivity contribution is 0.0288. The minimum atomic E-state index is -0.248. The molecule has 0 bridgehead atoms. The summed E-state index contributed by atoms with van der Waals surface area (Å²) in [4.78, 5) is 22.0. The topological polar surface area (TPSA) is 77.2 Å². The minimum absolute atomic E-state index is 0.248. The van der Waals surface area contributed by atoms with Crippen LogP contribution in [0.4, 0.5) is 5.69 Å². The Kier molecular flexibility index (Phi) is 6.61. The molecule has 3 rings (SSSR count). The van der Waals surface area contributed by atoms with Crippen molar-refractivity contribution in [1.82, 2.24) is 10.5 Å². The summed E-state index contributed by atoms with van der Waals surface area (Å²) in [5, 5.41) is 0. The van der Waals surface area contributed by atoms with Gasteiger partial charge in [-0.3, -0.25) is 14.6 Å². The number of nitrogens with two attached hydrogens (primary N) is 1. The molecule has 1 saturated carbocycles. The number of carbonyl (C=O) groups is 1. The molecule has 138 valence electrons. The first kappa shape index (κ1) is 18.4. The summed E-state index contributed by atoms with van der Waals surface area (Å²) < 4.78 is 0. The zero-order valence-electron chi connectivity index (χ0n) is 15.1. The molecule has 3 N–H and O–H groups in total. The van der Waals surface area contributed by atoms with Gasteiger partial charge in [0.25, 0.3) is 5.91 Å². The summed E-state index contributed by atoms with van der Waals surface area (Å²) >= 11 is 0. The number of nitrogens with zero attached hydrogens (tertiary/aromatic N) is 1. The Balaban J connectivity index is 1.54. The van der Waals surface area contributed by atoms with Gasteiger partial charge in [-0.05, 0) is 54.2 Å². The third-order valence-corrected chi connectivity index (χ3v) is 5.09. The van der Waals surface area contributed by atoms with E-state index in [-0.39, 0.29) is 5.91 Å². The maximum atomic E-state index is 12.5. The number of pyridine rings is 1. The van der Waals surface area contributed by atoms with Gasteiger partial charge < -0.3 is 5.73 Å². The van der Waals surface area contributed by atoms with Gasteiger partial charge >= 0.3 is 0 Å². The molecule has 1 aromatic heterocycles. The van der Waals surface area contributed by atoms with Crippen molar-refractivity contribution in [2.24, 2.45) is 5.92 Å². The molecule has 2 aromatic rings. The van der Waals surface area contributed by atoms with Gasteiger partial charge in [0, 0.05) is 30.1 Å². The molecule has 5 heteroatoms. The monoisotopic (exact) mass is 353 g/mol. The molecule has 1 aromatic carbocycles. The first-order valence-corrected chi connectivity index (χ1v) is 9.42. The summed E-state index contributed by atoms with van der Waals surface area (Å²) in [6.45, 7) is 0.546. The van der Waals surface area contributed by atoms with Gasteiger partial charge in [0.05, 0.1) is 6.61 Å². The molecule has 0 atom stereocenters. The summed E-state index contributed by atoms with van der Waals surface area (Å²) in [7, 11) is 0. The van der Waals surface area contributed by atoms with Crippen LogP contribution in [0.15, 0.2) is 42.7 Å². The Morgan fingerprint density at radius 3 is 2.73 bits per heavy atom. The maximum Gasteiger partial charge on any atom is 0.275 e. The van der Waals surface area contributed by atoms with E-state index in [0.717, 1.165) is 23.5 Å². The Morgan fingerprint density at radius 2 is 1.96 bits per heavy atom. The van der Waals surface area contributed by atoms with E-state index in [1.54, 1.807) is 24.5 Å². The average Bonchev–Trinajstić information content (AvgIpc) is 3.17. The predicted octanol–water partition coefficient (Wildman–Crippen LogP) is 3.89. The fourth-order valence-corrected chi connectivity index (χ4v) is 3.63. The largest absolute Gasteiger partial charge is 0.398 e. The van der Waals surface area contributed by atoms with Crippen molar-refractivity contribution >= 4 is 11.6 Å². The van der Waals surface area contributed by atoms with Crippen molar-refractivity contribution in [3.63, 3.8) is 0 Å². The van der Waals surface area contributed by atoms with Crippen molar-refractivity contribution in [2.75, 3.05) is 12.3 Å². The van der Waals surface area contributed by atoms with E-state index in [4.69, 9.17) is 10.6 Å². The molecule has 0 saturated heterocycles. The van der Waals surface area contributed by atoms with Gasteiger partial charge in [-0.2, -0.15) is 0 Å². The van der Waals surface area contributed by atoms with Crippen LogP contribution in [0.5, 0.6) is 0 Å². The molecule has 1 amide bonds. The molecule has 0 unspecified atom stereocenters. The Labute approximate surface area is 154 Å². The highest BCUT2D eigenvalue weighted by Crippen LogP contribution is 2.28. The predicted molar refractivity (Wildman–Crippen MR) is 103 cm³/mol. The Bertz CT molecular complexity index is 712. The van der Waals surface area contributed by atoms with Crippen LogP contribution < -0.4 is 11.2 Å². The van der Waals surface area contributed by atoms with Crippen LogP contribution in [0.1, 0.15) is 60.0 Å². The van der Waals surface area contributed by atoms with E-state index in [0.29, 0.717) is 24.3 Å². The quantitative estimate of drug-likeness (QED) is 0.429. The summed E-state index contributed by atoms with van der Waals surface area (Å²) in [6, 6.07) is 9.24.